The van der Waals surface area contributed by atoms with Crippen molar-refractivity contribution in [3.05, 3.63) is 40.4 Å². The Balaban J connectivity index is 1.82. The molecule has 0 radical (unpaired) electrons. The Bertz CT molecular complexity index is 1010. The van der Waals surface area contributed by atoms with Crippen LogP contribution >= 0.6 is 0 Å². The normalized spacial score (nSPS) is 18.0. The number of nitrogens with one attached hydrogen (secondary N) is 1. The number of benzene rings is 1. The van der Waals surface area contributed by atoms with Gasteiger partial charge in [-0.05, 0) is 39.3 Å². The third-order valence-electron chi connectivity index (χ3n) is 4.89. The van der Waals surface area contributed by atoms with E-state index in [0.717, 1.165) is 0 Å². The predicted octanol–water partition coefficient (Wildman–Crippen LogP) is 1.43. The first kappa shape index (κ1) is 21.9. The number of amides is 1. The number of aliphatic hydroxyl groups excluding tert-OH is 1. The molecule has 1 aliphatic heterocycles. The molecule has 1 amide bonds. The zero-order valence-corrected chi connectivity index (χ0v) is 17.2. The molecule has 1 aromatic carbocycles. The van der Waals surface area contributed by atoms with E-state index in [4.69, 9.17) is 4.74 Å². The first-order valence-corrected chi connectivity index (χ1v) is 9.87. The number of hydrogen-bond donors (Lipinski definition) is 2. The molecule has 0 saturated carbocycles. The van der Waals surface area contributed by atoms with Crippen LogP contribution in [0.3, 0.4) is 0 Å². The van der Waals surface area contributed by atoms with Crippen molar-refractivity contribution in [2.24, 2.45) is 0 Å². The van der Waals surface area contributed by atoms with Crippen LogP contribution in [0.4, 0.5) is 4.39 Å². The molecule has 2 aromatic rings. The van der Waals surface area contributed by atoms with Crippen LogP contribution in [0.5, 0.6) is 0 Å². The van der Waals surface area contributed by atoms with Crippen LogP contribution in [0.25, 0.3) is 10.9 Å². The number of alkyl halides is 1. The molecule has 2 N–H and O–H groups in total. The maximum atomic E-state index is 13.1. The predicted molar refractivity (Wildman–Crippen MR) is 108 cm³/mol. The highest BCUT2D eigenvalue weighted by molar-refractivity contribution is 5.83. The number of para-hydroxylation sites is 1. The van der Waals surface area contributed by atoms with E-state index >= 15 is 0 Å². The number of halogens is 1. The Morgan fingerprint density at radius 3 is 2.73 bits per heavy atom. The van der Waals surface area contributed by atoms with Gasteiger partial charge in [-0.25, -0.2) is 9.37 Å². The Hall–Kier alpha value is -2.81. The summed E-state index contributed by atoms with van der Waals surface area (Å²) in [5.74, 6) is -0.750. The zero-order valence-electron chi connectivity index (χ0n) is 17.2. The quantitative estimate of drug-likeness (QED) is 0.686. The zero-order chi connectivity index (χ0) is 22.1. The van der Waals surface area contributed by atoms with E-state index < -0.39 is 48.8 Å². The molecule has 0 bridgehead atoms. The van der Waals surface area contributed by atoms with Crippen LogP contribution in [0.15, 0.2) is 29.1 Å². The van der Waals surface area contributed by atoms with Gasteiger partial charge in [0.25, 0.3) is 5.56 Å². The van der Waals surface area contributed by atoms with Crippen molar-refractivity contribution in [2.75, 3.05) is 6.67 Å². The molecule has 2 unspecified atom stereocenters. The highest BCUT2D eigenvalue weighted by atomic mass is 19.1. The van der Waals surface area contributed by atoms with Gasteiger partial charge in [0.15, 0.2) is 0 Å². The number of carbonyl (C=O) groups is 2. The minimum absolute atomic E-state index is 0.331. The van der Waals surface area contributed by atoms with Gasteiger partial charge in [0.05, 0.1) is 23.4 Å². The van der Waals surface area contributed by atoms with Gasteiger partial charge in [0, 0.05) is 6.42 Å². The maximum absolute atomic E-state index is 13.1. The van der Waals surface area contributed by atoms with Gasteiger partial charge >= 0.3 is 5.97 Å². The number of aromatic nitrogens is 2. The first-order chi connectivity index (χ1) is 14.1. The molecule has 1 aliphatic rings. The highest BCUT2D eigenvalue weighted by Gasteiger charge is 2.34. The molecule has 162 valence electrons. The minimum atomic E-state index is -1.58. The van der Waals surface area contributed by atoms with Gasteiger partial charge in [-0.2, -0.15) is 0 Å². The van der Waals surface area contributed by atoms with Crippen molar-refractivity contribution >= 4 is 22.8 Å². The SMILES string of the molecule is CC(C)(C)OC(=O)CC(NC(=O)[C@@H]1CCc2nc3ccccc3c(=O)n21)C(O)CF. The molecule has 3 rings (SSSR count). The smallest absolute Gasteiger partial charge is 0.308 e. The van der Waals surface area contributed by atoms with Gasteiger partial charge in [-0.15, -0.1) is 0 Å². The Labute approximate surface area is 173 Å². The lowest BCUT2D eigenvalue weighted by atomic mass is 10.1. The summed E-state index contributed by atoms with van der Waals surface area (Å²) in [6.45, 7) is 3.91. The molecule has 0 aliphatic carbocycles. The molecule has 3 atom stereocenters. The second-order valence-corrected chi connectivity index (χ2v) is 8.40. The van der Waals surface area contributed by atoms with Crippen LogP contribution in [0.2, 0.25) is 0 Å². The van der Waals surface area contributed by atoms with Crippen LogP contribution in [-0.2, 0) is 20.7 Å². The molecule has 8 nitrogen and oxygen atoms in total. The summed E-state index contributed by atoms with van der Waals surface area (Å²) >= 11 is 0. The van der Waals surface area contributed by atoms with Crippen molar-refractivity contribution in [3.8, 4) is 0 Å². The fourth-order valence-corrected chi connectivity index (χ4v) is 3.57. The Morgan fingerprint density at radius 2 is 2.07 bits per heavy atom. The largest absolute Gasteiger partial charge is 0.460 e. The summed E-state index contributed by atoms with van der Waals surface area (Å²) in [6.07, 6.45) is -1.19. The highest BCUT2D eigenvalue weighted by Crippen LogP contribution is 2.25. The molecule has 30 heavy (non-hydrogen) atoms. The second-order valence-electron chi connectivity index (χ2n) is 8.40. The molecule has 1 aromatic heterocycles. The monoisotopic (exact) mass is 419 g/mol. The average molecular weight is 419 g/mol. The summed E-state index contributed by atoms with van der Waals surface area (Å²) in [5, 5.41) is 12.9. The number of carbonyl (C=O) groups excluding carboxylic acids is 2. The van der Waals surface area contributed by atoms with E-state index in [9.17, 15) is 23.9 Å². The fraction of sp³-hybridized carbons (Fsp3) is 0.524. The van der Waals surface area contributed by atoms with E-state index in [1.165, 1.54) is 4.57 Å². The van der Waals surface area contributed by atoms with Crippen LogP contribution < -0.4 is 10.9 Å². The third-order valence-corrected chi connectivity index (χ3v) is 4.89. The van der Waals surface area contributed by atoms with E-state index in [1.807, 2.05) is 0 Å². The van der Waals surface area contributed by atoms with E-state index in [-0.39, 0.29) is 5.56 Å². The average Bonchev–Trinajstić information content (AvgIpc) is 3.09. The number of esters is 1. The van der Waals surface area contributed by atoms with Crippen LogP contribution in [0, 0.1) is 0 Å². The molecule has 0 saturated heterocycles. The van der Waals surface area contributed by atoms with Crippen LogP contribution in [0.1, 0.15) is 45.5 Å². The maximum Gasteiger partial charge on any atom is 0.308 e. The van der Waals surface area contributed by atoms with Crippen molar-refractivity contribution in [1.29, 1.82) is 0 Å². The summed E-state index contributed by atoms with van der Waals surface area (Å²) < 4.78 is 19.7. The number of aliphatic hydroxyl groups is 1. The van der Waals surface area contributed by atoms with Gasteiger partial charge in [0.2, 0.25) is 5.91 Å². The van der Waals surface area contributed by atoms with Gasteiger partial charge < -0.3 is 15.2 Å². The van der Waals surface area contributed by atoms with Crippen molar-refractivity contribution < 1.29 is 23.8 Å². The molecular weight excluding hydrogens is 393 g/mol. The lowest BCUT2D eigenvalue weighted by Crippen LogP contribution is -2.49. The second kappa shape index (κ2) is 8.51. The number of aryl methyl sites for hydroxylation is 1. The lowest BCUT2D eigenvalue weighted by Gasteiger charge is -2.26. The van der Waals surface area contributed by atoms with Crippen molar-refractivity contribution in [2.45, 2.75) is 63.8 Å². The summed E-state index contributed by atoms with van der Waals surface area (Å²) in [6, 6.07) is 4.85. The third kappa shape index (κ3) is 4.67. The molecule has 2 heterocycles. The summed E-state index contributed by atoms with van der Waals surface area (Å²) in [7, 11) is 0. The molecule has 0 spiro atoms. The number of hydrogen-bond acceptors (Lipinski definition) is 6. The topological polar surface area (TPSA) is 111 Å². The number of nitrogens with zero attached hydrogens (tertiary/aromatic N) is 2. The number of rotatable bonds is 6. The standard InChI is InChI=1S/C21H26FN3O5/c1-21(2,3)30-18(27)10-14(16(26)11-22)24-19(28)15-8-9-17-23-13-7-5-4-6-12(13)20(29)25(15)17/h4-7,14-16,26H,8-11H2,1-3H3,(H,24,28)/t14?,15-,16?/m0/s1. The lowest BCUT2D eigenvalue weighted by molar-refractivity contribution is -0.156. The van der Waals surface area contributed by atoms with Gasteiger partial charge in [-0.3, -0.25) is 19.0 Å². The van der Waals surface area contributed by atoms with E-state index in [2.05, 4.69) is 10.3 Å². The summed E-state index contributed by atoms with van der Waals surface area (Å²) in [4.78, 5) is 42.4. The Kier molecular flexibility index (Phi) is 6.21. The van der Waals surface area contributed by atoms with Gasteiger partial charge in [0.1, 0.15) is 30.2 Å². The van der Waals surface area contributed by atoms with Crippen molar-refractivity contribution in [3.63, 3.8) is 0 Å². The molecule has 9 heteroatoms. The fourth-order valence-electron chi connectivity index (χ4n) is 3.57. The number of fused-ring (bicyclic) bond motifs is 2. The van der Waals surface area contributed by atoms with E-state index in [0.29, 0.717) is 29.6 Å². The molecular formula is C21H26FN3O5. The first-order valence-electron chi connectivity index (χ1n) is 9.87. The van der Waals surface area contributed by atoms with Crippen molar-refractivity contribution in [1.82, 2.24) is 14.9 Å². The van der Waals surface area contributed by atoms with Gasteiger partial charge in [-0.1, -0.05) is 12.1 Å². The van der Waals surface area contributed by atoms with E-state index in [1.54, 1.807) is 45.0 Å². The van der Waals surface area contributed by atoms with Crippen LogP contribution in [-0.4, -0.2) is 51.0 Å². The minimum Gasteiger partial charge on any atom is -0.460 e. The number of ether oxygens (including phenoxy) is 1. The Morgan fingerprint density at radius 1 is 1.37 bits per heavy atom. The molecule has 0 fully saturated rings. The summed E-state index contributed by atoms with van der Waals surface area (Å²) in [5.41, 5.74) is -0.523.